The highest BCUT2D eigenvalue weighted by atomic mass is 35.5. The van der Waals surface area contributed by atoms with Crippen LogP contribution in [-0.2, 0) is 0 Å². The van der Waals surface area contributed by atoms with Gasteiger partial charge in [0.15, 0.2) is 6.29 Å². The number of H-pyrrole nitrogens is 1. The second kappa shape index (κ2) is 5.02. The molecule has 1 heterocycles. The van der Waals surface area contributed by atoms with Gasteiger partial charge in [-0.05, 0) is 24.3 Å². The zero-order valence-electron chi connectivity index (χ0n) is 10.8. The number of aromatic amines is 1. The molecule has 0 spiro atoms. The van der Waals surface area contributed by atoms with Gasteiger partial charge >= 0.3 is 0 Å². The number of nitrogens with one attached hydrogen (secondary N) is 1. The Morgan fingerprint density at radius 3 is 2.75 bits per heavy atom. The van der Waals surface area contributed by atoms with E-state index in [2.05, 4.69) is 4.98 Å². The summed E-state index contributed by atoms with van der Waals surface area (Å²) in [5.74, 6) is 0.670. The number of methoxy groups -OCH3 is 1. The first-order chi connectivity index (χ1) is 9.74. The monoisotopic (exact) mass is 285 g/mol. The van der Waals surface area contributed by atoms with Crippen LogP contribution in [0, 0.1) is 0 Å². The van der Waals surface area contributed by atoms with Crippen molar-refractivity contribution >= 4 is 28.8 Å². The number of fused-ring (bicyclic) bond motifs is 1. The highest BCUT2D eigenvalue weighted by molar-refractivity contribution is 6.31. The predicted octanol–water partition coefficient (Wildman–Crippen LogP) is 4.31. The molecule has 0 radical (unpaired) electrons. The lowest BCUT2D eigenvalue weighted by Crippen LogP contribution is -1.90. The summed E-state index contributed by atoms with van der Waals surface area (Å²) in [7, 11) is 1.59. The molecule has 0 saturated carbocycles. The van der Waals surface area contributed by atoms with Crippen molar-refractivity contribution in [2.24, 2.45) is 0 Å². The van der Waals surface area contributed by atoms with Crippen LogP contribution in [0.15, 0.2) is 42.5 Å². The topological polar surface area (TPSA) is 42.1 Å². The molecule has 0 unspecified atom stereocenters. The largest absolute Gasteiger partial charge is 0.496 e. The van der Waals surface area contributed by atoms with Crippen LogP contribution in [0.2, 0.25) is 5.02 Å². The van der Waals surface area contributed by atoms with Gasteiger partial charge in [-0.25, -0.2) is 0 Å². The Balaban J connectivity index is 2.34. The molecule has 20 heavy (non-hydrogen) atoms. The van der Waals surface area contributed by atoms with Gasteiger partial charge in [0.25, 0.3) is 0 Å². The summed E-state index contributed by atoms with van der Waals surface area (Å²) in [6.07, 6.45) is 0.856. The second-order valence-electron chi connectivity index (χ2n) is 4.42. The third-order valence-electron chi connectivity index (χ3n) is 3.29. The molecule has 2 aromatic carbocycles. The highest BCUT2D eigenvalue weighted by Crippen LogP contribution is 2.36. The molecule has 1 N–H and O–H groups in total. The van der Waals surface area contributed by atoms with Gasteiger partial charge in [0.05, 0.1) is 12.8 Å². The van der Waals surface area contributed by atoms with Crippen molar-refractivity contribution in [2.45, 2.75) is 0 Å². The van der Waals surface area contributed by atoms with Gasteiger partial charge in [-0.1, -0.05) is 29.8 Å². The molecule has 0 aliphatic rings. The fraction of sp³-hybridized carbons (Fsp3) is 0.0625. The van der Waals surface area contributed by atoms with Gasteiger partial charge in [-0.15, -0.1) is 0 Å². The third kappa shape index (κ3) is 1.96. The molecule has 1 aromatic heterocycles. The third-order valence-corrected chi connectivity index (χ3v) is 3.53. The number of aldehydes is 1. The zero-order valence-corrected chi connectivity index (χ0v) is 11.6. The van der Waals surface area contributed by atoms with E-state index in [1.807, 2.05) is 24.3 Å². The van der Waals surface area contributed by atoms with E-state index < -0.39 is 0 Å². The Kier molecular flexibility index (Phi) is 3.20. The van der Waals surface area contributed by atoms with Gasteiger partial charge in [0.2, 0.25) is 0 Å². The van der Waals surface area contributed by atoms with Crippen molar-refractivity contribution in [1.82, 2.24) is 4.98 Å². The van der Waals surface area contributed by atoms with Crippen LogP contribution in [0.3, 0.4) is 0 Å². The molecule has 4 heteroatoms. The van der Waals surface area contributed by atoms with Crippen LogP contribution < -0.4 is 4.74 Å². The number of halogens is 1. The minimum Gasteiger partial charge on any atom is -0.496 e. The summed E-state index contributed by atoms with van der Waals surface area (Å²) >= 11 is 6.06. The molecule has 0 atom stereocenters. The van der Waals surface area contributed by atoms with E-state index in [4.69, 9.17) is 16.3 Å². The maximum atomic E-state index is 11.5. The smallest absolute Gasteiger partial charge is 0.152 e. The van der Waals surface area contributed by atoms with Crippen LogP contribution in [0.5, 0.6) is 5.75 Å². The summed E-state index contributed by atoms with van der Waals surface area (Å²) < 4.78 is 5.36. The van der Waals surface area contributed by atoms with Crippen molar-refractivity contribution in [3.63, 3.8) is 0 Å². The van der Waals surface area contributed by atoms with E-state index in [1.54, 1.807) is 25.3 Å². The molecule has 0 aliphatic carbocycles. The molecule has 3 nitrogen and oxygen atoms in total. The average molecular weight is 286 g/mol. The van der Waals surface area contributed by atoms with E-state index in [-0.39, 0.29) is 0 Å². The fourth-order valence-corrected chi connectivity index (χ4v) is 2.55. The molecule has 3 rings (SSSR count). The van der Waals surface area contributed by atoms with E-state index in [1.165, 1.54) is 0 Å². The lowest BCUT2D eigenvalue weighted by Gasteiger charge is -2.08. The van der Waals surface area contributed by atoms with Crippen molar-refractivity contribution in [2.75, 3.05) is 7.11 Å². The van der Waals surface area contributed by atoms with E-state index in [0.717, 1.165) is 28.4 Å². The van der Waals surface area contributed by atoms with Crippen molar-refractivity contribution in [3.8, 4) is 17.0 Å². The Morgan fingerprint density at radius 1 is 1.20 bits per heavy atom. The number of ether oxygens (including phenoxy) is 1. The van der Waals surface area contributed by atoms with Crippen LogP contribution >= 0.6 is 11.6 Å². The maximum absolute atomic E-state index is 11.5. The number of aromatic nitrogens is 1. The minimum atomic E-state index is 0.594. The van der Waals surface area contributed by atoms with E-state index in [0.29, 0.717) is 16.3 Å². The lowest BCUT2D eigenvalue weighted by atomic mass is 10.1. The van der Waals surface area contributed by atoms with Gasteiger partial charge in [-0.3, -0.25) is 4.79 Å². The van der Waals surface area contributed by atoms with E-state index >= 15 is 0 Å². The lowest BCUT2D eigenvalue weighted by molar-refractivity contribution is 0.112. The van der Waals surface area contributed by atoms with Crippen molar-refractivity contribution in [3.05, 3.63) is 53.1 Å². The molecule has 0 bridgehead atoms. The summed E-state index contributed by atoms with van der Waals surface area (Å²) in [6.45, 7) is 0. The number of para-hydroxylation sites is 1. The summed E-state index contributed by atoms with van der Waals surface area (Å²) in [5, 5.41) is 1.48. The second-order valence-corrected chi connectivity index (χ2v) is 4.86. The maximum Gasteiger partial charge on any atom is 0.152 e. The van der Waals surface area contributed by atoms with Crippen molar-refractivity contribution < 1.29 is 9.53 Å². The van der Waals surface area contributed by atoms with Gasteiger partial charge < -0.3 is 9.72 Å². The summed E-state index contributed by atoms with van der Waals surface area (Å²) in [6, 6.07) is 13.0. The molecule has 0 amide bonds. The normalized spacial score (nSPS) is 10.7. The van der Waals surface area contributed by atoms with Crippen LogP contribution in [0.1, 0.15) is 10.4 Å². The van der Waals surface area contributed by atoms with Crippen LogP contribution in [0.4, 0.5) is 0 Å². The van der Waals surface area contributed by atoms with E-state index in [9.17, 15) is 4.79 Å². The van der Waals surface area contributed by atoms with Crippen LogP contribution in [-0.4, -0.2) is 18.4 Å². The molecule has 0 saturated heterocycles. The standard InChI is InChI=1S/C16H12ClNO2/c1-20-15-7-6-10(17)8-12(15)16-13(9-19)11-4-2-3-5-14(11)18-16/h2-9,18H,1H3. The molecular weight excluding hydrogens is 274 g/mol. The zero-order chi connectivity index (χ0) is 14.1. The highest BCUT2D eigenvalue weighted by Gasteiger charge is 2.16. The Morgan fingerprint density at radius 2 is 2.00 bits per heavy atom. The minimum absolute atomic E-state index is 0.594. The van der Waals surface area contributed by atoms with Gasteiger partial charge in [0, 0.05) is 27.1 Å². The quantitative estimate of drug-likeness (QED) is 0.729. The average Bonchev–Trinajstić information content (AvgIpc) is 2.85. The molecule has 3 aromatic rings. The Labute approximate surface area is 121 Å². The first kappa shape index (κ1) is 12.8. The van der Waals surface area contributed by atoms with Gasteiger partial charge in [-0.2, -0.15) is 0 Å². The number of carbonyl (C=O) groups is 1. The Hall–Kier alpha value is -2.26. The molecule has 100 valence electrons. The number of hydrogen-bond acceptors (Lipinski definition) is 2. The SMILES string of the molecule is COc1ccc(Cl)cc1-c1[nH]c2ccccc2c1C=O. The first-order valence-electron chi connectivity index (χ1n) is 6.14. The Bertz CT molecular complexity index is 792. The molecular formula is C16H12ClNO2. The van der Waals surface area contributed by atoms with Gasteiger partial charge in [0.1, 0.15) is 5.75 Å². The van der Waals surface area contributed by atoms with Crippen LogP contribution in [0.25, 0.3) is 22.2 Å². The molecule has 0 aliphatic heterocycles. The number of carbonyl (C=O) groups excluding carboxylic acids is 1. The molecule has 0 fully saturated rings. The summed E-state index contributed by atoms with van der Waals surface area (Å²) in [4.78, 5) is 14.7. The number of hydrogen-bond donors (Lipinski definition) is 1. The fourth-order valence-electron chi connectivity index (χ4n) is 2.37. The first-order valence-corrected chi connectivity index (χ1v) is 6.52. The summed E-state index contributed by atoms with van der Waals surface area (Å²) in [5.41, 5.74) is 3.02. The number of rotatable bonds is 3. The number of benzene rings is 2. The van der Waals surface area contributed by atoms with Crippen molar-refractivity contribution in [1.29, 1.82) is 0 Å². The predicted molar refractivity (Wildman–Crippen MR) is 80.7 cm³/mol.